The number of ether oxygens (including phenoxy) is 1. The van der Waals surface area contributed by atoms with Gasteiger partial charge in [0, 0.05) is 0 Å². The molecule has 0 N–H and O–H groups in total. The Hall–Kier alpha value is -1.56. The van der Waals surface area contributed by atoms with Crippen LogP contribution in [0, 0.1) is 23.1 Å². The van der Waals surface area contributed by atoms with Gasteiger partial charge in [0.1, 0.15) is 23.2 Å². The number of hydrogen-bond donors (Lipinski definition) is 0. The third kappa shape index (κ3) is 2.58. The average molecular weight is 233 g/mol. The maximum absolute atomic E-state index is 13.4. The van der Waals surface area contributed by atoms with Gasteiger partial charge in [-0.3, -0.25) is 0 Å². The normalized spacial score (nSPS) is 17.7. The minimum atomic E-state index is -0.511. The zero-order chi connectivity index (χ0) is 12.3. The van der Waals surface area contributed by atoms with Crippen LogP contribution in [0.2, 0.25) is 0 Å². The van der Waals surface area contributed by atoms with E-state index in [1.54, 1.807) is 12.1 Å². The summed E-state index contributed by atoms with van der Waals surface area (Å²) in [6.45, 7) is 2.00. The number of nitriles is 1. The van der Waals surface area contributed by atoms with Crippen LogP contribution < -0.4 is 4.74 Å². The molecule has 1 atom stereocenters. The quantitative estimate of drug-likeness (QED) is 0.798. The second-order valence-electron chi connectivity index (χ2n) is 4.59. The molecule has 17 heavy (non-hydrogen) atoms. The molecule has 1 unspecified atom stereocenters. The first-order chi connectivity index (χ1) is 8.22. The SMILES string of the molecule is CC(Oc1cccc(F)c1C#N)C1CCCC1. The van der Waals surface area contributed by atoms with Crippen molar-refractivity contribution in [1.29, 1.82) is 5.26 Å². The maximum atomic E-state index is 13.4. The van der Waals surface area contributed by atoms with Crippen LogP contribution in [0.15, 0.2) is 18.2 Å². The van der Waals surface area contributed by atoms with E-state index >= 15 is 0 Å². The van der Waals surface area contributed by atoms with Crippen LogP contribution in [-0.2, 0) is 0 Å². The van der Waals surface area contributed by atoms with Gasteiger partial charge in [-0.25, -0.2) is 4.39 Å². The zero-order valence-corrected chi connectivity index (χ0v) is 9.95. The molecular formula is C14H16FNO. The van der Waals surface area contributed by atoms with Crippen LogP contribution in [0.3, 0.4) is 0 Å². The van der Waals surface area contributed by atoms with Crippen molar-refractivity contribution in [3.8, 4) is 11.8 Å². The Morgan fingerprint density at radius 1 is 1.41 bits per heavy atom. The van der Waals surface area contributed by atoms with E-state index in [4.69, 9.17) is 10.00 Å². The van der Waals surface area contributed by atoms with Crippen molar-refractivity contribution >= 4 is 0 Å². The highest BCUT2D eigenvalue weighted by Crippen LogP contribution is 2.31. The molecule has 1 aromatic carbocycles. The van der Waals surface area contributed by atoms with E-state index in [0.717, 1.165) is 0 Å². The summed E-state index contributed by atoms with van der Waals surface area (Å²) in [5.41, 5.74) is 0.0114. The molecule has 0 aromatic heterocycles. The lowest BCUT2D eigenvalue weighted by atomic mass is 10.0. The van der Waals surface area contributed by atoms with Gasteiger partial charge in [-0.1, -0.05) is 18.9 Å². The van der Waals surface area contributed by atoms with Crippen LogP contribution in [0.5, 0.6) is 5.75 Å². The fraction of sp³-hybridized carbons (Fsp3) is 0.500. The average Bonchev–Trinajstić information content (AvgIpc) is 2.82. The van der Waals surface area contributed by atoms with Gasteiger partial charge >= 0.3 is 0 Å². The second kappa shape index (κ2) is 5.18. The van der Waals surface area contributed by atoms with Crippen molar-refractivity contribution in [2.24, 2.45) is 5.92 Å². The van der Waals surface area contributed by atoms with Crippen LogP contribution in [0.25, 0.3) is 0 Å². The highest BCUT2D eigenvalue weighted by atomic mass is 19.1. The van der Waals surface area contributed by atoms with Gasteiger partial charge in [-0.15, -0.1) is 0 Å². The largest absolute Gasteiger partial charge is 0.489 e. The lowest BCUT2D eigenvalue weighted by Crippen LogP contribution is -2.21. The van der Waals surface area contributed by atoms with Gasteiger partial charge in [0.25, 0.3) is 0 Å². The summed E-state index contributed by atoms with van der Waals surface area (Å²) in [6.07, 6.45) is 4.86. The molecule has 0 heterocycles. The Bertz CT molecular complexity index is 432. The highest BCUT2D eigenvalue weighted by Gasteiger charge is 2.24. The molecule has 0 spiro atoms. The maximum Gasteiger partial charge on any atom is 0.144 e. The van der Waals surface area contributed by atoms with Gasteiger partial charge in [-0.05, 0) is 37.8 Å². The Morgan fingerprint density at radius 2 is 2.12 bits per heavy atom. The molecular weight excluding hydrogens is 217 g/mol. The van der Waals surface area contributed by atoms with Crippen LogP contribution >= 0.6 is 0 Å². The molecule has 3 heteroatoms. The van der Waals surface area contributed by atoms with E-state index < -0.39 is 5.82 Å². The Labute approximate surface area is 101 Å². The summed E-state index contributed by atoms with van der Waals surface area (Å²) in [5, 5.41) is 8.91. The molecule has 1 aliphatic carbocycles. The van der Waals surface area contributed by atoms with Crippen LogP contribution in [-0.4, -0.2) is 6.10 Å². The fourth-order valence-corrected chi connectivity index (χ4v) is 2.43. The first kappa shape index (κ1) is 11.9. The van der Waals surface area contributed by atoms with Crippen molar-refractivity contribution < 1.29 is 9.13 Å². The number of halogens is 1. The highest BCUT2D eigenvalue weighted by molar-refractivity contribution is 5.43. The second-order valence-corrected chi connectivity index (χ2v) is 4.59. The van der Waals surface area contributed by atoms with Crippen molar-refractivity contribution in [2.45, 2.75) is 38.7 Å². The molecule has 0 bridgehead atoms. The van der Waals surface area contributed by atoms with E-state index in [-0.39, 0.29) is 11.7 Å². The number of rotatable bonds is 3. The fourth-order valence-electron chi connectivity index (χ4n) is 2.43. The summed E-state index contributed by atoms with van der Waals surface area (Å²) >= 11 is 0. The van der Waals surface area contributed by atoms with Gasteiger partial charge in [-0.2, -0.15) is 5.26 Å². The number of nitrogens with zero attached hydrogens (tertiary/aromatic N) is 1. The standard InChI is InChI=1S/C14H16FNO/c1-10(11-5-2-3-6-11)17-14-8-4-7-13(15)12(14)9-16/h4,7-8,10-11H,2-3,5-6H2,1H3. The third-order valence-electron chi connectivity index (χ3n) is 3.46. The zero-order valence-electron chi connectivity index (χ0n) is 9.95. The topological polar surface area (TPSA) is 33.0 Å². The molecule has 2 rings (SSSR count). The van der Waals surface area contributed by atoms with E-state index in [9.17, 15) is 4.39 Å². The molecule has 1 aromatic rings. The molecule has 0 saturated heterocycles. The predicted molar refractivity (Wildman–Crippen MR) is 63.2 cm³/mol. The van der Waals surface area contributed by atoms with Crippen molar-refractivity contribution in [3.05, 3.63) is 29.6 Å². The summed E-state index contributed by atoms with van der Waals surface area (Å²) in [5.74, 6) is 0.389. The van der Waals surface area contributed by atoms with E-state index in [1.165, 1.54) is 31.7 Å². The van der Waals surface area contributed by atoms with Crippen LogP contribution in [0.1, 0.15) is 38.2 Å². The van der Waals surface area contributed by atoms with E-state index in [0.29, 0.717) is 11.7 Å². The van der Waals surface area contributed by atoms with Crippen molar-refractivity contribution in [1.82, 2.24) is 0 Å². The Kier molecular flexibility index (Phi) is 3.63. The van der Waals surface area contributed by atoms with Crippen LogP contribution in [0.4, 0.5) is 4.39 Å². The summed E-state index contributed by atoms with van der Waals surface area (Å²) < 4.78 is 19.1. The van der Waals surface area contributed by atoms with Crippen molar-refractivity contribution in [2.75, 3.05) is 0 Å². The predicted octanol–water partition coefficient (Wildman–Crippen LogP) is 3.65. The monoisotopic (exact) mass is 233 g/mol. The van der Waals surface area contributed by atoms with Gasteiger partial charge < -0.3 is 4.74 Å². The number of hydrogen-bond acceptors (Lipinski definition) is 2. The van der Waals surface area contributed by atoms with Gasteiger partial charge in [0.05, 0.1) is 6.10 Å². The summed E-state index contributed by atoms with van der Waals surface area (Å²) in [6, 6.07) is 6.38. The lowest BCUT2D eigenvalue weighted by Gasteiger charge is -2.21. The minimum Gasteiger partial charge on any atom is -0.489 e. The van der Waals surface area contributed by atoms with Gasteiger partial charge in [0.15, 0.2) is 0 Å². The summed E-state index contributed by atoms with van der Waals surface area (Å²) in [7, 11) is 0. The smallest absolute Gasteiger partial charge is 0.144 e. The van der Waals surface area contributed by atoms with E-state index in [2.05, 4.69) is 0 Å². The minimum absolute atomic E-state index is 0.0114. The molecule has 90 valence electrons. The summed E-state index contributed by atoms with van der Waals surface area (Å²) in [4.78, 5) is 0. The number of benzene rings is 1. The molecule has 0 radical (unpaired) electrons. The molecule has 2 nitrogen and oxygen atoms in total. The first-order valence-electron chi connectivity index (χ1n) is 6.07. The molecule has 0 amide bonds. The van der Waals surface area contributed by atoms with Crippen molar-refractivity contribution in [3.63, 3.8) is 0 Å². The molecule has 0 aliphatic heterocycles. The molecule has 1 aliphatic rings. The molecule has 1 saturated carbocycles. The third-order valence-corrected chi connectivity index (χ3v) is 3.46. The molecule has 1 fully saturated rings. The van der Waals surface area contributed by atoms with Gasteiger partial charge in [0.2, 0.25) is 0 Å². The Balaban J connectivity index is 2.13. The first-order valence-corrected chi connectivity index (χ1v) is 6.07. The Morgan fingerprint density at radius 3 is 2.76 bits per heavy atom. The van der Waals surface area contributed by atoms with E-state index in [1.807, 2.05) is 13.0 Å². The lowest BCUT2D eigenvalue weighted by molar-refractivity contribution is 0.153.